The van der Waals surface area contributed by atoms with E-state index in [4.69, 9.17) is 0 Å². The molecular formula is C37H41F7O. The van der Waals surface area contributed by atoms with Crippen molar-refractivity contribution in [2.24, 2.45) is 17.8 Å². The second-order valence-corrected chi connectivity index (χ2v) is 13.0. The number of ether oxygens (including phenoxy) is 1. The summed E-state index contributed by atoms with van der Waals surface area (Å²) in [5.41, 5.74) is -1.88. The molecule has 2 saturated carbocycles. The predicted molar refractivity (Wildman–Crippen MR) is 162 cm³/mol. The van der Waals surface area contributed by atoms with Gasteiger partial charge in [0, 0.05) is 12.1 Å². The first-order valence-corrected chi connectivity index (χ1v) is 16.4. The summed E-state index contributed by atoms with van der Waals surface area (Å²) in [4.78, 5) is 0. The van der Waals surface area contributed by atoms with Crippen LogP contribution in [0.25, 0.3) is 11.1 Å². The smallest absolute Gasteiger partial charge is 0.429 e. The quantitative estimate of drug-likeness (QED) is 0.151. The van der Waals surface area contributed by atoms with Gasteiger partial charge in [-0.25, -0.2) is 22.0 Å². The van der Waals surface area contributed by atoms with Crippen LogP contribution in [0.2, 0.25) is 0 Å². The molecule has 0 heterocycles. The molecule has 0 aromatic heterocycles. The molecule has 2 aliphatic rings. The van der Waals surface area contributed by atoms with Crippen LogP contribution >= 0.6 is 0 Å². The van der Waals surface area contributed by atoms with E-state index in [1.54, 1.807) is 0 Å². The zero-order valence-electron chi connectivity index (χ0n) is 25.7. The van der Waals surface area contributed by atoms with Crippen LogP contribution in [0.15, 0.2) is 48.5 Å². The van der Waals surface area contributed by atoms with Crippen LogP contribution in [0.3, 0.4) is 0 Å². The number of halogens is 7. The molecule has 0 spiro atoms. The Labute approximate surface area is 261 Å². The Morgan fingerprint density at radius 1 is 0.667 bits per heavy atom. The number of rotatable bonds is 11. The maximum absolute atomic E-state index is 15.1. The minimum absolute atomic E-state index is 0.0213. The van der Waals surface area contributed by atoms with Crippen molar-refractivity contribution in [2.75, 3.05) is 0 Å². The SMILES string of the molecule is CCCCCCC1CCC(C2CCC(c3cc(F)c(C(F)(F)Oc4cc(F)c(-c5ccc(F)cc5)c(F)c4)c(F)c3)CC2)CC1. The van der Waals surface area contributed by atoms with Gasteiger partial charge in [-0.05, 0) is 97.6 Å². The number of alkyl halides is 2. The number of unbranched alkanes of at least 4 members (excludes halogenated alkanes) is 3. The Morgan fingerprint density at radius 3 is 1.78 bits per heavy atom. The Hall–Kier alpha value is -3.03. The van der Waals surface area contributed by atoms with Crippen LogP contribution in [0.1, 0.15) is 107 Å². The van der Waals surface area contributed by atoms with E-state index in [1.807, 2.05) is 0 Å². The molecule has 45 heavy (non-hydrogen) atoms. The summed E-state index contributed by atoms with van der Waals surface area (Å²) < 4.78 is 107. The van der Waals surface area contributed by atoms with Crippen LogP contribution in [0.5, 0.6) is 5.75 Å². The van der Waals surface area contributed by atoms with E-state index in [-0.39, 0.29) is 11.5 Å². The molecule has 0 N–H and O–H groups in total. The summed E-state index contributed by atoms with van der Waals surface area (Å²) in [5, 5.41) is 0. The van der Waals surface area contributed by atoms with Crippen molar-refractivity contribution in [3.8, 4) is 16.9 Å². The summed E-state index contributed by atoms with van der Waals surface area (Å²) in [6, 6.07) is 7.12. The monoisotopic (exact) mass is 634 g/mol. The van der Waals surface area contributed by atoms with Crippen molar-refractivity contribution in [2.45, 2.75) is 102 Å². The second kappa shape index (κ2) is 14.6. The first-order valence-electron chi connectivity index (χ1n) is 16.4. The van der Waals surface area contributed by atoms with Gasteiger partial charge in [0.2, 0.25) is 0 Å². The zero-order chi connectivity index (χ0) is 32.1. The van der Waals surface area contributed by atoms with E-state index >= 15 is 17.6 Å². The van der Waals surface area contributed by atoms with E-state index in [2.05, 4.69) is 11.7 Å². The van der Waals surface area contributed by atoms with Gasteiger partial charge in [0.1, 0.15) is 40.4 Å². The van der Waals surface area contributed by atoms with Gasteiger partial charge in [-0.15, -0.1) is 0 Å². The van der Waals surface area contributed by atoms with Crippen molar-refractivity contribution >= 4 is 0 Å². The summed E-state index contributed by atoms with van der Waals surface area (Å²) >= 11 is 0. The predicted octanol–water partition coefficient (Wildman–Crippen LogP) is 12.2. The van der Waals surface area contributed by atoms with Crippen molar-refractivity contribution < 1.29 is 35.5 Å². The molecule has 3 aromatic rings. The fraction of sp³-hybridized carbons (Fsp3) is 0.514. The molecule has 3 aromatic carbocycles. The van der Waals surface area contributed by atoms with E-state index in [0.717, 1.165) is 68.0 Å². The fourth-order valence-electron chi connectivity index (χ4n) is 7.54. The molecule has 0 unspecified atom stereocenters. The lowest BCUT2D eigenvalue weighted by atomic mass is 9.68. The largest absolute Gasteiger partial charge is 0.432 e. The van der Waals surface area contributed by atoms with Crippen LogP contribution in [0.4, 0.5) is 30.7 Å². The standard InChI is InChI=1S/C37H41F7O/c1-2-3-4-5-6-23-7-9-24(10-8-23)25-11-13-26(14-12-25)28-19-33(41)36(34(42)20-28)37(43,44)45-30-21-31(39)35(32(40)22-30)27-15-17-29(38)18-16-27/h15-26H,2-14H2,1H3. The molecule has 8 heteroatoms. The number of benzene rings is 3. The van der Waals surface area contributed by atoms with Crippen LogP contribution < -0.4 is 4.74 Å². The summed E-state index contributed by atoms with van der Waals surface area (Å²) in [6.07, 6.45) is 10.4. The first kappa shape index (κ1) is 33.3. The van der Waals surface area contributed by atoms with Crippen LogP contribution in [-0.4, -0.2) is 0 Å². The summed E-state index contributed by atoms with van der Waals surface area (Å²) in [5.74, 6) is -5.06. The average molecular weight is 635 g/mol. The van der Waals surface area contributed by atoms with Crippen molar-refractivity contribution in [3.63, 3.8) is 0 Å². The van der Waals surface area contributed by atoms with Gasteiger partial charge < -0.3 is 4.74 Å². The summed E-state index contributed by atoms with van der Waals surface area (Å²) in [6.45, 7) is 2.23. The molecule has 2 aliphatic carbocycles. The van der Waals surface area contributed by atoms with Crippen molar-refractivity contribution in [1.29, 1.82) is 0 Å². The fourth-order valence-corrected chi connectivity index (χ4v) is 7.54. The molecule has 0 amide bonds. The molecule has 1 nitrogen and oxygen atoms in total. The molecule has 2 fully saturated rings. The summed E-state index contributed by atoms with van der Waals surface area (Å²) in [7, 11) is 0. The van der Waals surface area contributed by atoms with E-state index in [0.29, 0.717) is 29.5 Å². The third-order valence-corrected chi connectivity index (χ3v) is 10.0. The highest BCUT2D eigenvalue weighted by molar-refractivity contribution is 5.65. The second-order valence-electron chi connectivity index (χ2n) is 13.0. The lowest BCUT2D eigenvalue weighted by Crippen LogP contribution is -2.27. The molecule has 0 aliphatic heterocycles. The highest BCUT2D eigenvalue weighted by atomic mass is 19.3. The van der Waals surface area contributed by atoms with Gasteiger partial charge in [-0.1, -0.05) is 64.0 Å². The third-order valence-electron chi connectivity index (χ3n) is 10.0. The molecule has 0 saturated heterocycles. The Bertz CT molecular complexity index is 1380. The molecule has 5 rings (SSSR count). The van der Waals surface area contributed by atoms with E-state index in [1.165, 1.54) is 57.8 Å². The first-order chi connectivity index (χ1) is 21.6. The third kappa shape index (κ3) is 8.04. The Kier molecular flexibility index (Phi) is 10.8. The van der Waals surface area contributed by atoms with Crippen molar-refractivity contribution in [1.82, 2.24) is 0 Å². The molecule has 0 bridgehead atoms. The lowest BCUT2D eigenvalue weighted by Gasteiger charge is -2.38. The van der Waals surface area contributed by atoms with Gasteiger partial charge in [-0.2, -0.15) is 8.78 Å². The molecule has 244 valence electrons. The minimum atomic E-state index is -4.55. The minimum Gasteiger partial charge on any atom is -0.429 e. The highest BCUT2D eigenvalue weighted by Gasteiger charge is 2.42. The van der Waals surface area contributed by atoms with E-state index < -0.39 is 52.1 Å². The van der Waals surface area contributed by atoms with Crippen LogP contribution in [0, 0.1) is 46.8 Å². The Balaban J connectivity index is 1.20. The zero-order valence-corrected chi connectivity index (χ0v) is 25.7. The van der Waals surface area contributed by atoms with Gasteiger partial charge in [0.15, 0.2) is 0 Å². The normalized spacial score (nSPS) is 22.4. The van der Waals surface area contributed by atoms with Crippen LogP contribution in [-0.2, 0) is 6.11 Å². The highest BCUT2D eigenvalue weighted by Crippen LogP contribution is 2.46. The maximum atomic E-state index is 15.1. The number of hydrogen-bond acceptors (Lipinski definition) is 1. The average Bonchev–Trinajstić information content (AvgIpc) is 2.99. The molecule has 0 radical (unpaired) electrons. The lowest BCUT2D eigenvalue weighted by molar-refractivity contribution is -0.189. The van der Waals surface area contributed by atoms with E-state index in [9.17, 15) is 13.2 Å². The maximum Gasteiger partial charge on any atom is 0.432 e. The van der Waals surface area contributed by atoms with Crippen molar-refractivity contribution in [3.05, 3.63) is 88.7 Å². The van der Waals surface area contributed by atoms with Gasteiger partial charge >= 0.3 is 6.11 Å². The van der Waals surface area contributed by atoms with Gasteiger partial charge in [-0.3, -0.25) is 0 Å². The molecular weight excluding hydrogens is 593 g/mol. The van der Waals surface area contributed by atoms with Gasteiger partial charge in [0.25, 0.3) is 0 Å². The molecule has 0 atom stereocenters. The van der Waals surface area contributed by atoms with Gasteiger partial charge in [0.05, 0.1) is 5.56 Å². The number of hydrogen-bond donors (Lipinski definition) is 0. The topological polar surface area (TPSA) is 9.23 Å². The Morgan fingerprint density at radius 2 is 1.22 bits per heavy atom.